The molecule has 0 atom stereocenters. The Hall–Kier alpha value is -0.103. The molecule has 0 saturated heterocycles. The Morgan fingerprint density at radius 2 is 0.657 bits per heavy atom. The molecule has 0 radical (unpaired) electrons. The smallest absolute Gasteiger partial charge is 0.200 e. The van der Waals surface area contributed by atoms with Gasteiger partial charge in [0.25, 0.3) is 0 Å². The van der Waals surface area contributed by atoms with E-state index in [-0.39, 0.29) is 0 Å². The van der Waals surface area contributed by atoms with E-state index in [1.807, 2.05) is 0 Å². The van der Waals surface area contributed by atoms with E-state index >= 15 is 0 Å². The van der Waals surface area contributed by atoms with E-state index in [2.05, 4.69) is 47.1 Å². The zero-order valence-corrected chi connectivity index (χ0v) is 20.2. The first-order valence-electron chi connectivity index (χ1n) is 8.69. The molecule has 214 valence electrons. The van der Waals surface area contributed by atoms with Gasteiger partial charge in [0.05, 0.1) is 0 Å². The Morgan fingerprint density at radius 1 is 0.429 bits per heavy atom. The van der Waals surface area contributed by atoms with Gasteiger partial charge in [-0.3, -0.25) is 0 Å². The van der Waals surface area contributed by atoms with Crippen LogP contribution in [0.1, 0.15) is 39.5 Å². The highest BCUT2D eigenvalue weighted by Crippen LogP contribution is 2.65. The molecule has 0 aliphatic rings. The number of hydrogen-bond donors (Lipinski definition) is 0. The molecule has 0 rings (SSSR count). The molecule has 0 heterocycles. The molecule has 0 spiro atoms. The molecular weight excluding hydrogens is 626 g/mol. The Balaban J connectivity index is 0. The largest absolute Gasteiger partial charge is 0.460 e. The topological polar surface area (TPSA) is 0 Å². The fourth-order valence-electron chi connectivity index (χ4n) is 1.84. The molecule has 21 heteroatoms. The second kappa shape index (κ2) is 10.9. The minimum absolute atomic E-state index is 1.36. The monoisotopic (exact) mass is 638 g/mol. The summed E-state index contributed by atoms with van der Waals surface area (Å²) in [4.78, 5) is 0. The molecule has 0 bridgehead atoms. The van der Waals surface area contributed by atoms with Gasteiger partial charge in [0, 0.05) is 0 Å². The van der Waals surface area contributed by atoms with E-state index in [4.69, 9.17) is 0 Å². The lowest BCUT2D eigenvalue weighted by Gasteiger charge is -2.43. The van der Waals surface area contributed by atoms with Gasteiger partial charge in [-0.05, 0) is 0 Å². The molecule has 0 N–H and O–H groups in total. The average Bonchev–Trinajstić information content (AvgIpc) is 2.63. The van der Waals surface area contributed by atoms with E-state index in [0.29, 0.717) is 0 Å². The summed E-state index contributed by atoms with van der Waals surface area (Å²) >= 11 is 12.8. The summed E-state index contributed by atoms with van der Waals surface area (Å²) in [5.41, 5.74) is -6.94. The molecule has 0 aromatic carbocycles. The van der Waals surface area contributed by atoms with Crippen LogP contribution in [0.15, 0.2) is 0 Å². The zero-order chi connectivity index (χ0) is 29.3. The summed E-state index contributed by atoms with van der Waals surface area (Å²) < 4.78 is 218. The minimum Gasteiger partial charge on any atom is -0.200 e. The van der Waals surface area contributed by atoms with Gasteiger partial charge in [0.15, 0.2) is 0 Å². The molecule has 35 heavy (non-hydrogen) atoms. The maximum absolute atomic E-state index is 13.2. The van der Waals surface area contributed by atoms with Crippen LogP contribution in [0, 0.1) is 0 Å². The Labute approximate surface area is 201 Å². The standard InChI is InChI=1S/C8Cl3F17Si.C6H14/c9-29(10,11)8(27,28)6(22,23)4(18,19)2(14,15)1(12,13)3(16,17)5(20,21)7(24,25)26;1-3-5-6-4-2/h;3-6H2,1-2H3. The Kier molecular flexibility index (Phi) is 11.6. The van der Waals surface area contributed by atoms with Crippen molar-refractivity contribution in [3.05, 3.63) is 0 Å². The van der Waals surface area contributed by atoms with Gasteiger partial charge in [0.1, 0.15) is 0 Å². The van der Waals surface area contributed by atoms with E-state index < -0.39 is 53.3 Å². The quantitative estimate of drug-likeness (QED) is 0.0967. The molecule has 0 fully saturated rings. The van der Waals surface area contributed by atoms with Crippen molar-refractivity contribution in [2.75, 3.05) is 0 Å². The van der Waals surface area contributed by atoms with Gasteiger partial charge in [-0.15, -0.1) is 33.2 Å². The molecule has 0 amide bonds. The van der Waals surface area contributed by atoms with Crippen LogP contribution in [0.25, 0.3) is 0 Å². The summed E-state index contributed by atoms with van der Waals surface area (Å²) in [6, 6.07) is -6.62. The summed E-state index contributed by atoms with van der Waals surface area (Å²) in [5, 5.41) is 0. The Morgan fingerprint density at radius 3 is 0.857 bits per heavy atom. The lowest BCUT2D eigenvalue weighted by atomic mass is 9.91. The highest BCUT2D eigenvalue weighted by Gasteiger charge is 2.96. The van der Waals surface area contributed by atoms with Crippen LogP contribution in [0.3, 0.4) is 0 Å². The summed E-state index contributed by atoms with van der Waals surface area (Å²) in [7, 11) is 0. The predicted octanol–water partition coefficient (Wildman–Crippen LogP) is 9.78. The second-order valence-corrected chi connectivity index (χ2v) is 15.2. The maximum atomic E-state index is 13.2. The van der Waals surface area contributed by atoms with Crippen molar-refractivity contribution >= 4 is 39.2 Å². The van der Waals surface area contributed by atoms with Crippen LogP contribution < -0.4 is 0 Å². The predicted molar refractivity (Wildman–Crippen MR) is 93.8 cm³/mol. The van der Waals surface area contributed by atoms with E-state index in [0.717, 1.165) is 0 Å². The van der Waals surface area contributed by atoms with Gasteiger partial charge in [-0.25, -0.2) is 0 Å². The highest BCUT2D eigenvalue weighted by molar-refractivity contribution is 7.65. The third kappa shape index (κ3) is 6.15. The average molecular weight is 640 g/mol. The number of rotatable bonds is 10. The van der Waals surface area contributed by atoms with E-state index in [1.54, 1.807) is 0 Å². The van der Waals surface area contributed by atoms with Crippen LogP contribution in [0.2, 0.25) is 0 Å². The molecule has 0 aromatic heterocycles. The van der Waals surface area contributed by atoms with Crippen molar-refractivity contribution in [3.8, 4) is 0 Å². The summed E-state index contributed by atoms with van der Waals surface area (Å²) in [6.07, 6.45) is -2.27. The third-order valence-electron chi connectivity index (χ3n) is 4.04. The molecule has 0 saturated carbocycles. The van der Waals surface area contributed by atoms with Crippen LogP contribution in [0.5, 0.6) is 0 Å². The van der Waals surface area contributed by atoms with E-state index in [1.165, 1.54) is 25.7 Å². The normalized spacial score (nSPS) is 15.6. The minimum atomic E-state index is -8.70. The van der Waals surface area contributed by atoms with Crippen LogP contribution in [-0.4, -0.2) is 53.3 Å². The summed E-state index contributed by atoms with van der Waals surface area (Å²) in [6.45, 7) is 4.46. The number of hydrogen-bond acceptors (Lipinski definition) is 0. The van der Waals surface area contributed by atoms with E-state index in [9.17, 15) is 74.6 Å². The van der Waals surface area contributed by atoms with Crippen molar-refractivity contribution < 1.29 is 74.6 Å². The number of halogens is 20. The van der Waals surface area contributed by atoms with Crippen molar-refractivity contribution in [1.29, 1.82) is 0 Å². The zero-order valence-electron chi connectivity index (χ0n) is 16.9. The van der Waals surface area contributed by atoms with Crippen molar-refractivity contribution in [2.45, 2.75) is 86.8 Å². The molecule has 0 unspecified atom stereocenters. The SMILES string of the molecule is CCCCCC.FC(F)(F)C(F)(F)C(F)(F)C(F)(F)C(F)(F)C(F)(F)C(F)(F)C(F)(F)[Si](Cl)(Cl)Cl. The van der Waals surface area contributed by atoms with Gasteiger partial charge < -0.3 is 0 Å². The maximum Gasteiger partial charge on any atom is 0.460 e. The lowest BCUT2D eigenvalue weighted by Crippen LogP contribution is -2.75. The van der Waals surface area contributed by atoms with Crippen LogP contribution in [-0.2, 0) is 0 Å². The van der Waals surface area contributed by atoms with Crippen molar-refractivity contribution in [2.24, 2.45) is 0 Å². The van der Waals surface area contributed by atoms with Gasteiger partial charge in [-0.2, -0.15) is 74.6 Å². The van der Waals surface area contributed by atoms with Gasteiger partial charge in [0.2, 0.25) is 0 Å². The third-order valence-corrected chi connectivity index (χ3v) is 7.20. The fraction of sp³-hybridized carbons (Fsp3) is 1.00. The summed E-state index contributed by atoms with van der Waals surface area (Å²) in [5.74, 6) is -50.5. The lowest BCUT2D eigenvalue weighted by molar-refractivity contribution is -0.458. The first-order valence-corrected chi connectivity index (χ1v) is 13.7. The van der Waals surface area contributed by atoms with Crippen molar-refractivity contribution in [3.63, 3.8) is 0 Å². The first-order chi connectivity index (χ1) is 14.9. The second-order valence-electron chi connectivity index (χ2n) is 6.72. The Bertz CT molecular complexity index is 628. The number of alkyl halides is 17. The fourth-order valence-corrected chi connectivity index (χ4v) is 3.42. The molecule has 0 nitrogen and oxygen atoms in total. The van der Waals surface area contributed by atoms with Crippen LogP contribution in [0.4, 0.5) is 74.6 Å². The van der Waals surface area contributed by atoms with Gasteiger partial charge in [-0.1, -0.05) is 39.5 Å². The molecule has 0 aromatic rings. The number of unbranched alkanes of at least 4 members (excludes halogenated alkanes) is 3. The molecular formula is C14H14Cl3F17Si. The van der Waals surface area contributed by atoms with Crippen molar-refractivity contribution in [1.82, 2.24) is 0 Å². The van der Waals surface area contributed by atoms with Crippen LogP contribution >= 0.6 is 33.2 Å². The molecule has 0 aliphatic heterocycles. The molecule has 0 aliphatic carbocycles. The highest BCUT2D eigenvalue weighted by atomic mass is 35.8. The van der Waals surface area contributed by atoms with Gasteiger partial charge >= 0.3 is 53.3 Å². The first kappa shape index (κ1) is 37.1.